The second-order valence-electron chi connectivity index (χ2n) is 5.19. The molecular weight excluding hydrogens is 304 g/mol. The fourth-order valence-electron chi connectivity index (χ4n) is 2.32. The molecule has 3 heteroatoms. The summed E-state index contributed by atoms with van der Waals surface area (Å²) in [5.41, 5.74) is 1.55. The Bertz CT molecular complexity index is 414. The number of Topliss-reactive ketones (excluding diaryl/α,β-unsaturated/α-hetero) is 2. The molecule has 1 unspecified atom stereocenters. The molecule has 19 heavy (non-hydrogen) atoms. The van der Waals surface area contributed by atoms with Gasteiger partial charge >= 0.3 is 0 Å². The van der Waals surface area contributed by atoms with Gasteiger partial charge in [-0.05, 0) is 44.2 Å². The van der Waals surface area contributed by atoms with Gasteiger partial charge in [-0.2, -0.15) is 0 Å². The molecule has 0 aliphatic heterocycles. The van der Waals surface area contributed by atoms with Crippen LogP contribution < -0.4 is 0 Å². The smallest absolute Gasteiger partial charge is 0.169 e. The molecule has 2 nitrogen and oxygen atoms in total. The molecule has 0 saturated carbocycles. The average molecular weight is 329 g/mol. The second-order valence-corrected chi connectivity index (χ2v) is 6.44. The predicted octanol–water partition coefficient (Wildman–Crippen LogP) is 4.98. The molecule has 1 aliphatic carbocycles. The number of carbonyl (C=O) groups excluding carboxylic acids is 2. The van der Waals surface area contributed by atoms with Gasteiger partial charge in [0.1, 0.15) is 5.78 Å². The van der Waals surface area contributed by atoms with Gasteiger partial charge in [0, 0.05) is 17.4 Å². The van der Waals surface area contributed by atoms with Gasteiger partial charge in [-0.15, -0.1) is 0 Å². The molecule has 0 spiro atoms. The van der Waals surface area contributed by atoms with Gasteiger partial charge in [0.05, 0.1) is 0 Å². The Morgan fingerprint density at radius 1 is 1.37 bits per heavy atom. The largest absolute Gasteiger partial charge is 0.300 e. The van der Waals surface area contributed by atoms with Crippen molar-refractivity contribution in [3.63, 3.8) is 0 Å². The fraction of sp³-hybridized carbons (Fsp3) is 0.625. The molecule has 0 N–H and O–H groups in total. The highest BCUT2D eigenvalue weighted by molar-refractivity contribution is 9.11. The summed E-state index contributed by atoms with van der Waals surface area (Å²) in [6.07, 6.45) is 3.79. The zero-order chi connectivity index (χ0) is 15.2. The molecule has 0 fully saturated rings. The highest BCUT2D eigenvalue weighted by Gasteiger charge is 2.40. The van der Waals surface area contributed by atoms with E-state index in [2.05, 4.69) is 15.9 Å². The van der Waals surface area contributed by atoms with Crippen molar-refractivity contribution >= 4 is 27.5 Å². The van der Waals surface area contributed by atoms with Crippen LogP contribution in [-0.4, -0.2) is 11.6 Å². The van der Waals surface area contributed by atoms with Crippen molar-refractivity contribution in [3.8, 4) is 0 Å². The minimum Gasteiger partial charge on any atom is -0.300 e. The van der Waals surface area contributed by atoms with Crippen molar-refractivity contribution in [1.29, 1.82) is 0 Å². The summed E-state index contributed by atoms with van der Waals surface area (Å²) in [6, 6.07) is 0. The topological polar surface area (TPSA) is 34.1 Å². The third-order valence-corrected chi connectivity index (χ3v) is 3.51. The van der Waals surface area contributed by atoms with Crippen LogP contribution >= 0.6 is 15.9 Å². The average Bonchev–Trinajstić information content (AvgIpc) is 2.53. The minimum absolute atomic E-state index is 0.150. The van der Waals surface area contributed by atoms with Crippen molar-refractivity contribution < 1.29 is 9.59 Å². The lowest BCUT2D eigenvalue weighted by molar-refractivity contribution is -0.123. The molecule has 0 bridgehead atoms. The quantitative estimate of drug-likeness (QED) is 0.729. The maximum Gasteiger partial charge on any atom is 0.169 e. The molecule has 0 amide bonds. The van der Waals surface area contributed by atoms with Gasteiger partial charge in [0.2, 0.25) is 0 Å². The van der Waals surface area contributed by atoms with E-state index in [4.69, 9.17) is 0 Å². The standard InChI is InChI=1S/C14H19BrO2.C2H6/c1-9-8-14(4,6-5-11(3)16)13(17)12(9)7-10(2)15;1-2/h7H,5-6,8H2,1-4H3;1-2H3/b10-7+;. The van der Waals surface area contributed by atoms with Crippen LogP contribution in [0.3, 0.4) is 0 Å². The Kier molecular flexibility index (Phi) is 7.50. The predicted molar refractivity (Wildman–Crippen MR) is 84.4 cm³/mol. The molecule has 1 atom stereocenters. The molecule has 0 saturated heterocycles. The number of hydrogen-bond acceptors (Lipinski definition) is 2. The molecule has 108 valence electrons. The molecular formula is C16H25BrO2. The molecule has 1 rings (SSSR count). The van der Waals surface area contributed by atoms with Crippen LogP contribution in [0.2, 0.25) is 0 Å². The number of halogens is 1. The van der Waals surface area contributed by atoms with E-state index in [0.29, 0.717) is 12.8 Å². The fourth-order valence-corrected chi connectivity index (χ4v) is 2.55. The van der Waals surface area contributed by atoms with E-state index in [-0.39, 0.29) is 17.0 Å². The van der Waals surface area contributed by atoms with E-state index in [1.807, 2.05) is 40.7 Å². The second kappa shape index (κ2) is 7.78. The van der Waals surface area contributed by atoms with E-state index in [9.17, 15) is 9.59 Å². The summed E-state index contributed by atoms with van der Waals surface area (Å²) in [5.74, 6) is 0.326. The van der Waals surface area contributed by atoms with Crippen molar-refractivity contribution in [3.05, 3.63) is 21.7 Å². The minimum atomic E-state index is -0.385. The van der Waals surface area contributed by atoms with Crippen LogP contribution in [0.25, 0.3) is 0 Å². The third kappa shape index (κ3) is 5.06. The number of ketones is 2. The summed E-state index contributed by atoms with van der Waals surface area (Å²) >= 11 is 3.36. The first kappa shape index (κ1) is 18.3. The number of rotatable bonds is 4. The van der Waals surface area contributed by atoms with Crippen molar-refractivity contribution in [2.75, 3.05) is 0 Å². The first-order valence-corrected chi connectivity index (χ1v) is 7.63. The highest BCUT2D eigenvalue weighted by atomic mass is 79.9. The SMILES string of the molecule is CC.CC(=O)CCC1(C)CC(C)=C(/C=C(\C)Br)C1=O. The van der Waals surface area contributed by atoms with Gasteiger partial charge in [0.25, 0.3) is 0 Å². The zero-order valence-corrected chi connectivity index (χ0v) is 14.5. The van der Waals surface area contributed by atoms with Gasteiger partial charge in [-0.3, -0.25) is 4.79 Å². The van der Waals surface area contributed by atoms with E-state index < -0.39 is 0 Å². The zero-order valence-electron chi connectivity index (χ0n) is 12.9. The third-order valence-electron chi connectivity index (χ3n) is 3.28. The lowest BCUT2D eigenvalue weighted by Crippen LogP contribution is -2.24. The summed E-state index contributed by atoms with van der Waals surface area (Å²) in [7, 11) is 0. The van der Waals surface area contributed by atoms with E-state index >= 15 is 0 Å². The number of carbonyl (C=O) groups is 2. The van der Waals surface area contributed by atoms with Gasteiger partial charge in [-0.25, -0.2) is 0 Å². The normalized spacial score (nSPS) is 23.3. The lowest BCUT2D eigenvalue weighted by atomic mass is 9.80. The molecule has 0 aromatic rings. The first-order valence-electron chi connectivity index (χ1n) is 6.84. The Balaban J connectivity index is 0.00000154. The first-order chi connectivity index (χ1) is 8.76. The monoisotopic (exact) mass is 328 g/mol. The molecule has 0 aromatic carbocycles. The van der Waals surface area contributed by atoms with E-state index in [0.717, 1.165) is 22.0 Å². The van der Waals surface area contributed by atoms with Crippen molar-refractivity contribution in [1.82, 2.24) is 0 Å². The maximum absolute atomic E-state index is 12.4. The van der Waals surface area contributed by atoms with Crippen LogP contribution in [0.5, 0.6) is 0 Å². The maximum atomic E-state index is 12.4. The summed E-state index contributed by atoms with van der Waals surface area (Å²) in [5, 5.41) is 0. The Morgan fingerprint density at radius 2 is 1.89 bits per heavy atom. The molecule has 1 aliphatic rings. The van der Waals surface area contributed by atoms with Gasteiger partial charge in [0.15, 0.2) is 5.78 Å². The molecule has 0 aromatic heterocycles. The van der Waals surface area contributed by atoms with Crippen LogP contribution in [0.1, 0.15) is 60.8 Å². The number of allylic oxidation sites excluding steroid dienone is 4. The van der Waals surface area contributed by atoms with Crippen LogP contribution in [-0.2, 0) is 9.59 Å². The molecule has 0 heterocycles. The summed E-state index contributed by atoms with van der Waals surface area (Å²) < 4.78 is 0.955. The van der Waals surface area contributed by atoms with E-state index in [1.54, 1.807) is 6.92 Å². The van der Waals surface area contributed by atoms with Crippen LogP contribution in [0, 0.1) is 5.41 Å². The highest BCUT2D eigenvalue weighted by Crippen LogP contribution is 2.42. The number of hydrogen-bond donors (Lipinski definition) is 0. The Labute approximate surface area is 125 Å². The van der Waals surface area contributed by atoms with Crippen molar-refractivity contribution in [2.45, 2.75) is 60.8 Å². The Hall–Kier alpha value is -0.700. The van der Waals surface area contributed by atoms with Gasteiger partial charge in [-0.1, -0.05) is 42.3 Å². The summed E-state index contributed by atoms with van der Waals surface area (Å²) in [6.45, 7) is 11.5. The summed E-state index contributed by atoms with van der Waals surface area (Å²) in [4.78, 5) is 23.4. The van der Waals surface area contributed by atoms with Crippen LogP contribution in [0.15, 0.2) is 21.7 Å². The molecule has 0 radical (unpaired) electrons. The van der Waals surface area contributed by atoms with Gasteiger partial charge < -0.3 is 4.79 Å². The van der Waals surface area contributed by atoms with E-state index in [1.165, 1.54) is 0 Å². The van der Waals surface area contributed by atoms with Crippen LogP contribution in [0.4, 0.5) is 0 Å². The van der Waals surface area contributed by atoms with Crippen molar-refractivity contribution in [2.24, 2.45) is 5.41 Å². The Morgan fingerprint density at radius 3 is 2.32 bits per heavy atom. The lowest BCUT2D eigenvalue weighted by Gasteiger charge is -2.21.